The van der Waals surface area contributed by atoms with Gasteiger partial charge in [-0.2, -0.15) is 0 Å². The van der Waals surface area contributed by atoms with Gasteiger partial charge in [0.2, 0.25) is 11.8 Å². The summed E-state index contributed by atoms with van der Waals surface area (Å²) in [5, 5.41) is 3.01. The zero-order valence-electron chi connectivity index (χ0n) is 12.9. The third-order valence-corrected chi connectivity index (χ3v) is 4.26. The number of hydrogen-bond acceptors (Lipinski definition) is 4. The van der Waals surface area contributed by atoms with Gasteiger partial charge in [-0.15, -0.1) is 0 Å². The highest BCUT2D eigenvalue weighted by molar-refractivity contribution is 5.89. The number of nitrogens with zero attached hydrogens (tertiary/aromatic N) is 1. The van der Waals surface area contributed by atoms with Crippen LogP contribution in [0.4, 0.5) is 0 Å². The van der Waals surface area contributed by atoms with Gasteiger partial charge in [0, 0.05) is 33.2 Å². The summed E-state index contributed by atoms with van der Waals surface area (Å²) in [6.07, 6.45) is 0.272. The molecule has 2 atom stereocenters. The van der Waals surface area contributed by atoms with Crippen LogP contribution in [0, 0.1) is 11.8 Å². The van der Waals surface area contributed by atoms with E-state index in [1.807, 2.05) is 20.8 Å². The van der Waals surface area contributed by atoms with E-state index < -0.39 is 5.54 Å². The normalized spacial score (nSPS) is 22.2. The van der Waals surface area contributed by atoms with Gasteiger partial charge >= 0.3 is 0 Å². The Morgan fingerprint density at radius 3 is 2.75 bits per heavy atom. The molecule has 3 N–H and O–H groups in total. The minimum absolute atomic E-state index is 0.0150. The fraction of sp³-hybridized carbons (Fsp3) is 0.857. The fourth-order valence-electron chi connectivity index (χ4n) is 2.18. The van der Waals surface area contributed by atoms with Gasteiger partial charge in [-0.05, 0) is 12.8 Å². The largest absolute Gasteiger partial charge is 0.383 e. The van der Waals surface area contributed by atoms with Crippen LogP contribution in [0.2, 0.25) is 0 Å². The molecule has 2 unspecified atom stereocenters. The lowest BCUT2D eigenvalue weighted by Gasteiger charge is -2.34. The van der Waals surface area contributed by atoms with Crippen molar-refractivity contribution in [1.29, 1.82) is 0 Å². The summed E-state index contributed by atoms with van der Waals surface area (Å²) in [6.45, 7) is 7.87. The van der Waals surface area contributed by atoms with E-state index in [4.69, 9.17) is 10.5 Å². The average molecular weight is 285 g/mol. The van der Waals surface area contributed by atoms with Crippen molar-refractivity contribution in [2.75, 3.05) is 33.4 Å². The molecule has 0 bridgehead atoms. The first-order valence-electron chi connectivity index (χ1n) is 7.13. The molecule has 0 aromatic carbocycles. The number of carbonyl (C=O) groups is 2. The first-order chi connectivity index (χ1) is 9.34. The SMILES string of the molecule is COCCN1CC(C(=O)NC(C)(CN)C(C)C)CC1=O. The second-order valence-electron chi connectivity index (χ2n) is 6.00. The maximum atomic E-state index is 12.3. The lowest BCUT2D eigenvalue weighted by atomic mass is 9.87. The number of nitrogens with one attached hydrogen (secondary N) is 1. The van der Waals surface area contributed by atoms with E-state index in [2.05, 4.69) is 5.32 Å². The predicted molar refractivity (Wildman–Crippen MR) is 77.0 cm³/mol. The highest BCUT2D eigenvalue weighted by Crippen LogP contribution is 2.21. The first-order valence-corrected chi connectivity index (χ1v) is 7.13. The molecule has 0 saturated carbocycles. The van der Waals surface area contributed by atoms with Gasteiger partial charge in [0.05, 0.1) is 18.1 Å². The molecule has 1 aliphatic heterocycles. The topological polar surface area (TPSA) is 84.7 Å². The Hall–Kier alpha value is -1.14. The van der Waals surface area contributed by atoms with Gasteiger partial charge in [0.1, 0.15) is 0 Å². The van der Waals surface area contributed by atoms with Gasteiger partial charge in [-0.3, -0.25) is 9.59 Å². The number of amides is 2. The second kappa shape index (κ2) is 7.04. The predicted octanol–water partition coefficient (Wildman–Crippen LogP) is -0.0291. The molecule has 116 valence electrons. The Morgan fingerprint density at radius 2 is 2.25 bits per heavy atom. The van der Waals surface area contributed by atoms with E-state index in [9.17, 15) is 9.59 Å². The Labute approximate surface area is 121 Å². The third-order valence-electron chi connectivity index (χ3n) is 4.26. The molecule has 1 heterocycles. The molecule has 0 aromatic heterocycles. The van der Waals surface area contributed by atoms with Crippen LogP contribution < -0.4 is 11.1 Å². The van der Waals surface area contributed by atoms with E-state index in [-0.39, 0.29) is 30.1 Å². The van der Waals surface area contributed by atoms with Crippen LogP contribution in [0.3, 0.4) is 0 Å². The quantitative estimate of drug-likeness (QED) is 0.688. The minimum Gasteiger partial charge on any atom is -0.383 e. The van der Waals surface area contributed by atoms with Crippen LogP contribution in [0.25, 0.3) is 0 Å². The van der Waals surface area contributed by atoms with Gasteiger partial charge in [0.25, 0.3) is 0 Å². The highest BCUT2D eigenvalue weighted by atomic mass is 16.5. The van der Waals surface area contributed by atoms with E-state index in [1.54, 1.807) is 12.0 Å². The van der Waals surface area contributed by atoms with Crippen LogP contribution in [-0.4, -0.2) is 55.6 Å². The molecule has 0 aromatic rings. The number of likely N-dealkylation sites (tertiary alicyclic amines) is 1. The highest BCUT2D eigenvalue weighted by Gasteiger charge is 2.37. The number of carbonyl (C=O) groups excluding carboxylic acids is 2. The number of rotatable bonds is 7. The molecular weight excluding hydrogens is 258 g/mol. The Balaban J connectivity index is 2.59. The number of nitrogens with two attached hydrogens (primary N) is 1. The summed E-state index contributed by atoms with van der Waals surface area (Å²) in [7, 11) is 1.60. The molecule has 0 spiro atoms. The summed E-state index contributed by atoms with van der Waals surface area (Å²) in [5.74, 6) is -0.122. The van der Waals surface area contributed by atoms with Gasteiger partial charge in [-0.25, -0.2) is 0 Å². The Kier molecular flexibility index (Phi) is 5.95. The van der Waals surface area contributed by atoms with Crippen LogP contribution in [0.5, 0.6) is 0 Å². The maximum Gasteiger partial charge on any atom is 0.225 e. The van der Waals surface area contributed by atoms with Crippen LogP contribution in [-0.2, 0) is 14.3 Å². The van der Waals surface area contributed by atoms with Crippen molar-refractivity contribution in [3.63, 3.8) is 0 Å². The second-order valence-corrected chi connectivity index (χ2v) is 6.00. The van der Waals surface area contributed by atoms with Crippen LogP contribution in [0.15, 0.2) is 0 Å². The number of methoxy groups -OCH3 is 1. The van der Waals surface area contributed by atoms with Gasteiger partial charge < -0.3 is 20.7 Å². The molecule has 20 heavy (non-hydrogen) atoms. The van der Waals surface area contributed by atoms with E-state index in [1.165, 1.54) is 0 Å². The smallest absolute Gasteiger partial charge is 0.225 e. The summed E-state index contributed by atoms with van der Waals surface area (Å²) < 4.78 is 4.97. The molecule has 1 rings (SSSR count). The molecule has 6 nitrogen and oxygen atoms in total. The molecule has 1 fully saturated rings. The van der Waals surface area contributed by atoms with Crippen molar-refractivity contribution in [2.24, 2.45) is 17.6 Å². The summed E-state index contributed by atoms with van der Waals surface area (Å²) in [4.78, 5) is 25.8. The van der Waals surface area contributed by atoms with Crippen molar-refractivity contribution in [1.82, 2.24) is 10.2 Å². The Bertz CT molecular complexity index is 360. The van der Waals surface area contributed by atoms with E-state index in [0.29, 0.717) is 26.2 Å². The molecule has 1 saturated heterocycles. The molecule has 0 aliphatic carbocycles. The molecular formula is C14H27N3O3. The van der Waals surface area contributed by atoms with Gasteiger partial charge in [-0.1, -0.05) is 13.8 Å². The van der Waals surface area contributed by atoms with Crippen molar-refractivity contribution in [3.8, 4) is 0 Å². The maximum absolute atomic E-state index is 12.3. The van der Waals surface area contributed by atoms with Crippen molar-refractivity contribution in [3.05, 3.63) is 0 Å². The lowest BCUT2D eigenvalue weighted by Crippen LogP contribution is -2.56. The summed E-state index contributed by atoms with van der Waals surface area (Å²) in [5.41, 5.74) is 5.34. The Morgan fingerprint density at radius 1 is 1.60 bits per heavy atom. The van der Waals surface area contributed by atoms with Crippen molar-refractivity contribution >= 4 is 11.8 Å². The van der Waals surface area contributed by atoms with Gasteiger partial charge in [0.15, 0.2) is 0 Å². The number of ether oxygens (including phenoxy) is 1. The van der Waals surface area contributed by atoms with E-state index in [0.717, 1.165) is 0 Å². The molecule has 6 heteroatoms. The third kappa shape index (κ3) is 3.93. The molecule has 2 amide bonds. The zero-order valence-corrected chi connectivity index (χ0v) is 12.9. The van der Waals surface area contributed by atoms with Crippen molar-refractivity contribution in [2.45, 2.75) is 32.7 Å². The lowest BCUT2D eigenvalue weighted by molar-refractivity contribution is -0.130. The fourth-order valence-corrected chi connectivity index (χ4v) is 2.18. The van der Waals surface area contributed by atoms with Crippen LogP contribution >= 0.6 is 0 Å². The summed E-state index contributed by atoms with van der Waals surface area (Å²) >= 11 is 0. The standard InChI is InChI=1S/C14H27N3O3/c1-10(2)14(3,9-15)16-13(19)11-7-12(18)17(8-11)5-6-20-4/h10-11H,5-9,15H2,1-4H3,(H,16,19). The first kappa shape index (κ1) is 16.9. The average Bonchev–Trinajstić information content (AvgIpc) is 2.77. The minimum atomic E-state index is -0.430. The number of hydrogen-bond donors (Lipinski definition) is 2. The zero-order chi connectivity index (χ0) is 15.3. The van der Waals surface area contributed by atoms with Crippen molar-refractivity contribution < 1.29 is 14.3 Å². The van der Waals surface area contributed by atoms with Crippen LogP contribution in [0.1, 0.15) is 27.2 Å². The summed E-state index contributed by atoms with van der Waals surface area (Å²) in [6, 6.07) is 0. The monoisotopic (exact) mass is 285 g/mol. The van der Waals surface area contributed by atoms with E-state index >= 15 is 0 Å². The molecule has 1 aliphatic rings. The molecule has 0 radical (unpaired) electrons.